The Bertz CT molecular complexity index is 468. The number of alkyl halides is 2. The molecule has 102 valence electrons. The molecule has 0 spiro atoms. The fourth-order valence-electron chi connectivity index (χ4n) is 0.958. The fourth-order valence-corrected chi connectivity index (χ4v) is 2.21. The maximum Gasteiger partial charge on any atom is 0.433 e. The predicted octanol–water partition coefficient (Wildman–Crippen LogP) is 1.73. The maximum absolute atomic E-state index is 13.1. The molecule has 0 saturated heterocycles. The van der Waals surface area contributed by atoms with Crippen molar-refractivity contribution >= 4 is 22.1 Å². The van der Waals surface area contributed by atoms with Crippen LogP contribution in [0.5, 0.6) is 0 Å². The van der Waals surface area contributed by atoms with E-state index in [9.17, 15) is 17.2 Å². The summed E-state index contributed by atoms with van der Waals surface area (Å²) >= 11 is -0.835. The van der Waals surface area contributed by atoms with Gasteiger partial charge in [0, 0.05) is 6.54 Å². The van der Waals surface area contributed by atoms with Crippen LogP contribution < -0.4 is 4.72 Å². The molecule has 1 rings (SSSR count). The molecule has 0 bridgehead atoms. The Hall–Kier alpha value is -0.780. The minimum absolute atomic E-state index is 0.292. The zero-order chi connectivity index (χ0) is 13.6. The summed E-state index contributed by atoms with van der Waals surface area (Å²) in [6, 6.07) is 8.12. The molecule has 1 aromatic rings. The molecule has 6 nitrogen and oxygen atoms in total. The Kier molecular flexibility index (Phi) is 5.44. The average molecular weight is 301 g/mol. The highest BCUT2D eigenvalue weighted by molar-refractivity contribution is 8.10. The van der Waals surface area contributed by atoms with Crippen LogP contribution in [0.2, 0.25) is 0 Å². The number of nitrogens with one attached hydrogen (secondary N) is 1. The molecule has 0 aliphatic rings. The third-order valence-corrected chi connectivity index (χ3v) is 4.12. The van der Waals surface area contributed by atoms with Gasteiger partial charge in [-0.1, -0.05) is 35.4 Å². The first kappa shape index (κ1) is 15.3. The van der Waals surface area contributed by atoms with Crippen molar-refractivity contribution in [3.05, 3.63) is 35.9 Å². The number of hydrogen-bond acceptors (Lipinski definition) is 6. The van der Waals surface area contributed by atoms with E-state index in [1.54, 1.807) is 35.1 Å². The van der Waals surface area contributed by atoms with Gasteiger partial charge in [0.25, 0.3) is 10.0 Å². The van der Waals surface area contributed by atoms with Crippen LogP contribution in [0.3, 0.4) is 0 Å². The summed E-state index contributed by atoms with van der Waals surface area (Å²) < 4.78 is 49.5. The minimum atomic E-state index is -4.97. The van der Waals surface area contributed by atoms with Crippen LogP contribution in [0.4, 0.5) is 8.78 Å². The zero-order valence-electron chi connectivity index (χ0n) is 8.75. The second-order valence-electron chi connectivity index (χ2n) is 3.00. The van der Waals surface area contributed by atoms with Crippen LogP contribution in [-0.4, -0.2) is 18.3 Å². The van der Waals surface area contributed by atoms with E-state index in [4.69, 9.17) is 5.26 Å². The highest BCUT2D eigenvalue weighted by atomic mass is 32.3. The molecule has 0 aliphatic heterocycles. The van der Waals surface area contributed by atoms with Crippen molar-refractivity contribution in [1.29, 1.82) is 0 Å². The molecule has 10 heteroatoms. The Balaban J connectivity index is 2.64. The predicted molar refractivity (Wildman–Crippen MR) is 59.5 cm³/mol. The van der Waals surface area contributed by atoms with Crippen LogP contribution in [0.1, 0.15) is 5.56 Å². The van der Waals surface area contributed by atoms with Gasteiger partial charge in [-0.15, -0.1) is 4.33 Å². The maximum atomic E-state index is 13.1. The topological polar surface area (TPSA) is 84.9 Å². The molecule has 1 aromatic carbocycles. The third-order valence-electron chi connectivity index (χ3n) is 1.78. The van der Waals surface area contributed by atoms with Crippen LogP contribution >= 0.6 is 12.0 Å². The second-order valence-corrected chi connectivity index (χ2v) is 5.88. The summed E-state index contributed by atoms with van der Waals surface area (Å²) in [6.45, 7) is -0.292. The van der Waals surface area contributed by atoms with Gasteiger partial charge in [-0.05, 0) is 5.56 Å². The van der Waals surface area contributed by atoms with Gasteiger partial charge >= 0.3 is 4.59 Å². The summed E-state index contributed by atoms with van der Waals surface area (Å²) in [5.41, 5.74) is 0.515. The summed E-state index contributed by atoms with van der Waals surface area (Å²) in [4.78, 5) is 0. The van der Waals surface area contributed by atoms with Crippen molar-refractivity contribution in [2.24, 2.45) is 0 Å². The minimum Gasteiger partial charge on any atom is -0.220 e. The van der Waals surface area contributed by atoms with Gasteiger partial charge < -0.3 is 0 Å². The lowest BCUT2D eigenvalue weighted by molar-refractivity contribution is -0.433. The first-order valence-electron chi connectivity index (χ1n) is 4.46. The van der Waals surface area contributed by atoms with E-state index in [0.29, 0.717) is 5.56 Å². The lowest BCUT2D eigenvalue weighted by Gasteiger charge is -2.14. The lowest BCUT2D eigenvalue weighted by Crippen LogP contribution is -2.37. The summed E-state index contributed by atoms with van der Waals surface area (Å²) in [5.74, 6) is 0. The van der Waals surface area contributed by atoms with Crippen molar-refractivity contribution in [2.75, 3.05) is 0 Å². The average Bonchev–Trinajstić information content (AvgIpc) is 2.35. The van der Waals surface area contributed by atoms with Gasteiger partial charge in [0.2, 0.25) is 0 Å². The van der Waals surface area contributed by atoms with E-state index < -0.39 is 26.7 Å². The summed E-state index contributed by atoms with van der Waals surface area (Å²) in [5, 5.41) is 10.6. The number of halogens is 2. The highest BCUT2D eigenvalue weighted by Crippen LogP contribution is 2.34. The van der Waals surface area contributed by atoms with Gasteiger partial charge in [0.1, 0.15) is 12.0 Å². The van der Waals surface area contributed by atoms with E-state index in [-0.39, 0.29) is 6.54 Å². The van der Waals surface area contributed by atoms with E-state index in [1.807, 2.05) is 0 Å². The third kappa shape index (κ3) is 4.15. The zero-order valence-corrected chi connectivity index (χ0v) is 10.4. The van der Waals surface area contributed by atoms with E-state index in [2.05, 4.69) is 9.37 Å². The number of sulfonamides is 1. The van der Waals surface area contributed by atoms with Gasteiger partial charge in [-0.3, -0.25) is 0 Å². The molecular formula is C8H9F2NO5S2. The number of hydrogen-bond donors (Lipinski definition) is 2. The van der Waals surface area contributed by atoms with Crippen molar-refractivity contribution in [1.82, 2.24) is 4.72 Å². The molecule has 0 amide bonds. The Morgan fingerprint density at radius 2 is 1.94 bits per heavy atom. The normalized spacial score (nSPS) is 12.6. The van der Waals surface area contributed by atoms with Gasteiger partial charge in [-0.2, -0.15) is 8.78 Å². The van der Waals surface area contributed by atoms with Gasteiger partial charge in [-0.25, -0.2) is 18.4 Å². The van der Waals surface area contributed by atoms with E-state index in [1.165, 1.54) is 0 Å². The molecule has 0 aliphatic carbocycles. The van der Waals surface area contributed by atoms with Crippen LogP contribution in [0.25, 0.3) is 0 Å². The standard InChI is InChI=1S/C8H9F2NO5S2/c9-8(10,17-16-15-12)18(13,14)11-6-7-4-2-1-3-5-7/h1-5,11-12H,6H2. The molecular weight excluding hydrogens is 292 g/mol. The molecule has 0 aromatic heterocycles. The lowest BCUT2D eigenvalue weighted by atomic mass is 10.2. The fraction of sp³-hybridized carbons (Fsp3) is 0.250. The molecule has 0 heterocycles. The summed E-state index contributed by atoms with van der Waals surface area (Å²) in [6.07, 6.45) is 0. The summed E-state index contributed by atoms with van der Waals surface area (Å²) in [7, 11) is -4.97. The van der Waals surface area contributed by atoms with Crippen molar-refractivity contribution in [3.8, 4) is 0 Å². The van der Waals surface area contributed by atoms with Crippen LogP contribution in [0.15, 0.2) is 30.3 Å². The van der Waals surface area contributed by atoms with Crippen molar-refractivity contribution in [2.45, 2.75) is 11.1 Å². The van der Waals surface area contributed by atoms with Gasteiger partial charge in [0.05, 0.1) is 0 Å². The van der Waals surface area contributed by atoms with Crippen molar-refractivity contribution < 1.29 is 31.8 Å². The first-order valence-corrected chi connectivity index (χ1v) is 6.68. The van der Waals surface area contributed by atoms with Crippen LogP contribution in [0, 0.1) is 0 Å². The SMILES string of the molecule is O=S(=O)(NCc1ccccc1)C(F)(F)SOOO. The largest absolute Gasteiger partial charge is 0.433 e. The van der Waals surface area contributed by atoms with Gasteiger partial charge in [0.15, 0.2) is 0 Å². The Morgan fingerprint density at radius 3 is 2.50 bits per heavy atom. The quantitative estimate of drug-likeness (QED) is 0.453. The first-order chi connectivity index (χ1) is 8.39. The van der Waals surface area contributed by atoms with E-state index >= 15 is 0 Å². The van der Waals surface area contributed by atoms with Crippen molar-refractivity contribution in [3.63, 3.8) is 0 Å². The molecule has 0 fully saturated rings. The Morgan fingerprint density at radius 1 is 1.33 bits per heavy atom. The number of rotatable bonds is 7. The molecule has 0 saturated carbocycles. The smallest absolute Gasteiger partial charge is 0.220 e. The number of benzene rings is 1. The molecule has 0 unspecified atom stereocenters. The molecule has 0 radical (unpaired) electrons. The molecule has 0 atom stereocenters. The molecule has 18 heavy (non-hydrogen) atoms. The molecule has 2 N–H and O–H groups in total. The van der Waals surface area contributed by atoms with Crippen LogP contribution in [-0.2, 0) is 25.9 Å². The highest BCUT2D eigenvalue weighted by Gasteiger charge is 2.48. The van der Waals surface area contributed by atoms with E-state index in [0.717, 1.165) is 0 Å². The Labute approximate surface area is 106 Å². The monoisotopic (exact) mass is 301 g/mol. The second kappa shape index (κ2) is 6.41.